The van der Waals surface area contributed by atoms with Gasteiger partial charge in [0.05, 0.1) is 13.7 Å². The average molecular weight is 478 g/mol. The first kappa shape index (κ1) is 26.0. The van der Waals surface area contributed by atoms with Crippen LogP contribution in [0.1, 0.15) is 40.9 Å². The van der Waals surface area contributed by atoms with Crippen LogP contribution in [0.2, 0.25) is 0 Å². The Hall–Kier alpha value is -3.58. The van der Waals surface area contributed by atoms with E-state index in [1.54, 1.807) is 30.0 Å². The fourth-order valence-corrected chi connectivity index (χ4v) is 3.88. The summed E-state index contributed by atoms with van der Waals surface area (Å²) >= 11 is 0. The second kappa shape index (κ2) is 12.8. The first-order valence-corrected chi connectivity index (χ1v) is 12.0. The Balaban J connectivity index is 1.63. The van der Waals surface area contributed by atoms with Crippen LogP contribution in [0.5, 0.6) is 11.5 Å². The molecule has 1 amide bonds. The molecule has 186 valence electrons. The minimum atomic E-state index is -0.410. The van der Waals surface area contributed by atoms with Crippen molar-refractivity contribution in [1.82, 2.24) is 14.8 Å². The van der Waals surface area contributed by atoms with Crippen LogP contribution in [0.3, 0.4) is 0 Å². The molecule has 1 aromatic heterocycles. The second-order valence-corrected chi connectivity index (χ2v) is 8.39. The Labute approximate surface area is 207 Å². The van der Waals surface area contributed by atoms with E-state index in [-0.39, 0.29) is 17.7 Å². The molecule has 0 fully saturated rings. The Morgan fingerprint density at radius 1 is 1.00 bits per heavy atom. The van der Waals surface area contributed by atoms with Gasteiger partial charge in [-0.25, -0.2) is 0 Å². The fraction of sp³-hybridized carbons (Fsp3) is 0.357. The van der Waals surface area contributed by atoms with Gasteiger partial charge in [0.15, 0.2) is 11.5 Å². The maximum absolute atomic E-state index is 12.9. The van der Waals surface area contributed by atoms with Crippen molar-refractivity contribution in [3.63, 3.8) is 0 Å². The minimum absolute atomic E-state index is 0.114. The third kappa shape index (κ3) is 7.20. The summed E-state index contributed by atoms with van der Waals surface area (Å²) in [5.74, 6) is 0.862. The lowest BCUT2D eigenvalue weighted by molar-refractivity contribution is 0.0948. The Kier molecular flexibility index (Phi) is 9.49. The van der Waals surface area contributed by atoms with Crippen LogP contribution in [-0.4, -0.2) is 48.7 Å². The second-order valence-electron chi connectivity index (χ2n) is 8.39. The molecule has 0 aliphatic heterocycles. The standard InChI is InChI=1S/C28H35N3O4/c1-5-30(6-2)15-16-35-25-13-12-22(18-26(25)34-4)19-29-27(32)24-11-8-14-31(28(24)33)20-23-10-7-9-21(3)17-23/h7-14,17-18H,5-6,15-16,19-20H2,1-4H3,(H,29,32). The van der Waals surface area contributed by atoms with Crippen LogP contribution >= 0.6 is 0 Å². The molecule has 0 radical (unpaired) electrons. The maximum atomic E-state index is 12.9. The van der Waals surface area contributed by atoms with Crippen LogP contribution in [0, 0.1) is 6.92 Å². The summed E-state index contributed by atoms with van der Waals surface area (Å²) in [6.07, 6.45) is 1.70. The third-order valence-corrected chi connectivity index (χ3v) is 5.94. The molecule has 3 rings (SSSR count). The van der Waals surface area contributed by atoms with Gasteiger partial charge < -0.3 is 24.3 Å². The van der Waals surface area contributed by atoms with Crippen LogP contribution in [-0.2, 0) is 13.1 Å². The van der Waals surface area contributed by atoms with Crippen molar-refractivity contribution in [3.8, 4) is 11.5 Å². The molecular formula is C28H35N3O4. The van der Waals surface area contributed by atoms with Gasteiger partial charge in [0, 0.05) is 19.3 Å². The molecule has 0 aliphatic rings. The summed E-state index contributed by atoms with van der Waals surface area (Å²) < 4.78 is 12.9. The number of nitrogens with one attached hydrogen (secondary N) is 1. The van der Waals surface area contributed by atoms with Crippen molar-refractivity contribution in [2.24, 2.45) is 0 Å². The van der Waals surface area contributed by atoms with Crippen molar-refractivity contribution in [2.45, 2.75) is 33.9 Å². The quantitative estimate of drug-likeness (QED) is 0.429. The molecule has 0 saturated heterocycles. The van der Waals surface area contributed by atoms with Gasteiger partial charge in [-0.2, -0.15) is 0 Å². The smallest absolute Gasteiger partial charge is 0.263 e. The summed E-state index contributed by atoms with van der Waals surface area (Å²) in [5.41, 5.74) is 2.78. The predicted molar refractivity (Wildman–Crippen MR) is 138 cm³/mol. The van der Waals surface area contributed by atoms with Gasteiger partial charge in [-0.05, 0) is 55.4 Å². The van der Waals surface area contributed by atoms with E-state index in [0.717, 1.165) is 36.3 Å². The highest BCUT2D eigenvalue weighted by Gasteiger charge is 2.13. The zero-order chi connectivity index (χ0) is 25.2. The van der Waals surface area contributed by atoms with Crippen molar-refractivity contribution in [1.29, 1.82) is 0 Å². The molecular weight excluding hydrogens is 442 g/mol. The molecule has 35 heavy (non-hydrogen) atoms. The van der Waals surface area contributed by atoms with E-state index in [1.807, 2.05) is 49.4 Å². The highest BCUT2D eigenvalue weighted by molar-refractivity contribution is 5.93. The summed E-state index contributed by atoms with van der Waals surface area (Å²) in [4.78, 5) is 28.0. The lowest BCUT2D eigenvalue weighted by Crippen LogP contribution is -2.32. The highest BCUT2D eigenvalue weighted by Crippen LogP contribution is 2.28. The molecule has 1 heterocycles. The van der Waals surface area contributed by atoms with E-state index in [4.69, 9.17) is 9.47 Å². The first-order valence-electron chi connectivity index (χ1n) is 12.0. The summed E-state index contributed by atoms with van der Waals surface area (Å²) in [5, 5.41) is 2.85. The van der Waals surface area contributed by atoms with Gasteiger partial charge in [0.1, 0.15) is 12.2 Å². The van der Waals surface area contributed by atoms with Crippen molar-refractivity contribution < 1.29 is 14.3 Å². The Bertz CT molecular complexity index is 1180. The predicted octanol–water partition coefficient (Wildman–Crippen LogP) is 3.86. The number of pyridine rings is 1. The lowest BCUT2D eigenvalue weighted by atomic mass is 10.1. The number of hydrogen-bond acceptors (Lipinski definition) is 5. The number of ether oxygens (including phenoxy) is 2. The lowest BCUT2D eigenvalue weighted by Gasteiger charge is -2.19. The SMILES string of the molecule is CCN(CC)CCOc1ccc(CNC(=O)c2cccn(Cc3cccc(C)c3)c2=O)cc1OC. The topological polar surface area (TPSA) is 72.8 Å². The van der Waals surface area contributed by atoms with Gasteiger partial charge >= 0.3 is 0 Å². The number of aromatic nitrogens is 1. The number of carbonyl (C=O) groups excluding carboxylic acids is 1. The van der Waals surface area contributed by atoms with Crippen LogP contribution in [0.4, 0.5) is 0 Å². The zero-order valence-corrected chi connectivity index (χ0v) is 21.0. The number of carbonyl (C=O) groups is 1. The van der Waals surface area contributed by atoms with Crippen molar-refractivity contribution in [2.75, 3.05) is 33.4 Å². The number of aryl methyl sites for hydroxylation is 1. The van der Waals surface area contributed by atoms with Crippen LogP contribution in [0.25, 0.3) is 0 Å². The first-order chi connectivity index (χ1) is 16.9. The van der Waals surface area contributed by atoms with E-state index in [0.29, 0.717) is 24.7 Å². The molecule has 0 unspecified atom stereocenters. The molecule has 1 N–H and O–H groups in total. The zero-order valence-electron chi connectivity index (χ0n) is 21.0. The largest absolute Gasteiger partial charge is 0.493 e. The Morgan fingerprint density at radius 3 is 2.51 bits per heavy atom. The van der Waals surface area contributed by atoms with Crippen LogP contribution in [0.15, 0.2) is 65.6 Å². The number of hydrogen-bond donors (Lipinski definition) is 1. The van der Waals surface area contributed by atoms with Gasteiger partial charge in [0.25, 0.3) is 11.5 Å². The number of likely N-dealkylation sites (N-methyl/N-ethyl adjacent to an activating group) is 1. The summed E-state index contributed by atoms with van der Waals surface area (Å²) in [6.45, 7) is 10.3. The molecule has 0 aliphatic carbocycles. The number of methoxy groups -OCH3 is 1. The van der Waals surface area contributed by atoms with E-state index in [1.165, 1.54) is 0 Å². The molecule has 0 spiro atoms. The molecule has 0 bridgehead atoms. The number of rotatable bonds is 12. The van der Waals surface area contributed by atoms with Crippen molar-refractivity contribution in [3.05, 3.63) is 93.4 Å². The minimum Gasteiger partial charge on any atom is -0.493 e. The maximum Gasteiger partial charge on any atom is 0.263 e. The Morgan fingerprint density at radius 2 is 1.80 bits per heavy atom. The molecule has 2 aromatic carbocycles. The third-order valence-electron chi connectivity index (χ3n) is 5.94. The number of nitrogens with zero attached hydrogens (tertiary/aromatic N) is 2. The van der Waals surface area contributed by atoms with Gasteiger partial charge in [-0.15, -0.1) is 0 Å². The number of amides is 1. The fourth-order valence-electron chi connectivity index (χ4n) is 3.88. The van der Waals surface area contributed by atoms with Gasteiger partial charge in [-0.1, -0.05) is 49.7 Å². The molecule has 0 atom stereocenters. The molecule has 7 nitrogen and oxygen atoms in total. The van der Waals surface area contributed by atoms with E-state index < -0.39 is 5.91 Å². The van der Waals surface area contributed by atoms with E-state index in [2.05, 4.69) is 24.1 Å². The monoisotopic (exact) mass is 477 g/mol. The number of benzene rings is 2. The van der Waals surface area contributed by atoms with Crippen LogP contribution < -0.4 is 20.3 Å². The molecule has 3 aromatic rings. The van der Waals surface area contributed by atoms with Gasteiger partial charge in [0.2, 0.25) is 0 Å². The molecule has 7 heteroatoms. The van der Waals surface area contributed by atoms with Crippen molar-refractivity contribution >= 4 is 5.91 Å². The summed E-state index contributed by atoms with van der Waals surface area (Å²) in [6, 6.07) is 16.8. The normalized spacial score (nSPS) is 10.9. The van der Waals surface area contributed by atoms with E-state index in [9.17, 15) is 9.59 Å². The summed E-state index contributed by atoms with van der Waals surface area (Å²) in [7, 11) is 1.59. The average Bonchev–Trinajstić information content (AvgIpc) is 2.87. The molecule has 0 saturated carbocycles. The van der Waals surface area contributed by atoms with E-state index >= 15 is 0 Å². The van der Waals surface area contributed by atoms with Gasteiger partial charge in [-0.3, -0.25) is 9.59 Å². The highest BCUT2D eigenvalue weighted by atomic mass is 16.5.